The lowest BCUT2D eigenvalue weighted by atomic mass is 10.4. The molecule has 1 aromatic rings. The van der Waals surface area contributed by atoms with Crippen molar-refractivity contribution in [2.24, 2.45) is 0 Å². The highest BCUT2D eigenvalue weighted by Gasteiger charge is 2.05. The van der Waals surface area contributed by atoms with Gasteiger partial charge in [-0.3, -0.25) is 0 Å². The third-order valence-electron chi connectivity index (χ3n) is 1.52. The van der Waals surface area contributed by atoms with Gasteiger partial charge < -0.3 is 14.3 Å². The highest BCUT2D eigenvalue weighted by atomic mass is 16.5. The lowest BCUT2D eigenvalue weighted by Gasteiger charge is -1.95. The molecule has 72 valence electrons. The van der Waals surface area contributed by atoms with Crippen LogP contribution in [-0.2, 0) is 16.1 Å². The maximum Gasteiger partial charge on any atom is 0.329 e. The summed E-state index contributed by atoms with van der Waals surface area (Å²) in [5.74, 6) is 0.144. The summed E-state index contributed by atoms with van der Waals surface area (Å²) < 4.78 is 9.96. The molecule has 0 spiro atoms. The van der Waals surface area contributed by atoms with Crippen LogP contribution in [0.4, 0.5) is 0 Å². The third kappa shape index (κ3) is 2.87. The number of rotatable bonds is 4. The van der Waals surface area contributed by atoms with Crippen LogP contribution in [0.3, 0.4) is 0 Å². The molecule has 5 nitrogen and oxygen atoms in total. The second-order valence-electron chi connectivity index (χ2n) is 2.64. The number of carboxylic acids is 1. The summed E-state index contributed by atoms with van der Waals surface area (Å²) in [5, 5.41) is 8.28. The first-order valence-electron chi connectivity index (χ1n) is 3.82. The molecular weight excluding hydrogens is 174 g/mol. The Morgan fingerprint density at radius 2 is 2.31 bits per heavy atom. The minimum atomic E-state index is -1.00. The minimum Gasteiger partial charge on any atom is -0.480 e. The van der Waals surface area contributed by atoms with Crippen molar-refractivity contribution in [2.45, 2.75) is 20.5 Å². The fraction of sp³-hybridized carbons (Fsp3) is 0.500. The molecule has 0 bridgehead atoms. The van der Waals surface area contributed by atoms with Crippen LogP contribution in [0.2, 0.25) is 0 Å². The SMILES string of the molecule is Cc1nc(COCC(=O)O)oc1C. The van der Waals surface area contributed by atoms with E-state index in [0.717, 1.165) is 11.5 Å². The minimum absolute atomic E-state index is 0.0982. The Bertz CT molecular complexity index is 286. The van der Waals surface area contributed by atoms with Crippen molar-refractivity contribution in [1.82, 2.24) is 4.98 Å². The summed E-state index contributed by atoms with van der Waals surface area (Å²) >= 11 is 0. The van der Waals surface area contributed by atoms with Crippen molar-refractivity contribution in [3.8, 4) is 0 Å². The van der Waals surface area contributed by atoms with Gasteiger partial charge in [-0.1, -0.05) is 0 Å². The van der Waals surface area contributed by atoms with Crippen molar-refractivity contribution in [3.63, 3.8) is 0 Å². The Morgan fingerprint density at radius 1 is 1.62 bits per heavy atom. The predicted molar refractivity (Wildman–Crippen MR) is 43.3 cm³/mol. The van der Waals surface area contributed by atoms with Crippen LogP contribution in [-0.4, -0.2) is 22.7 Å². The molecule has 0 aliphatic carbocycles. The molecule has 5 heteroatoms. The average molecular weight is 185 g/mol. The van der Waals surface area contributed by atoms with Gasteiger partial charge in [0.05, 0.1) is 5.69 Å². The Morgan fingerprint density at radius 3 is 2.77 bits per heavy atom. The second-order valence-corrected chi connectivity index (χ2v) is 2.64. The van der Waals surface area contributed by atoms with Crippen LogP contribution in [0.5, 0.6) is 0 Å². The maximum absolute atomic E-state index is 10.1. The topological polar surface area (TPSA) is 72.6 Å². The number of aryl methyl sites for hydroxylation is 2. The smallest absolute Gasteiger partial charge is 0.329 e. The molecule has 0 radical (unpaired) electrons. The van der Waals surface area contributed by atoms with E-state index >= 15 is 0 Å². The summed E-state index contributed by atoms with van der Waals surface area (Å²) in [6.45, 7) is 3.38. The number of ether oxygens (including phenoxy) is 1. The summed E-state index contributed by atoms with van der Waals surface area (Å²) in [7, 11) is 0. The van der Waals surface area contributed by atoms with Gasteiger partial charge in [-0.15, -0.1) is 0 Å². The molecule has 0 amide bonds. The summed E-state index contributed by atoms with van der Waals surface area (Å²) in [5.41, 5.74) is 0.800. The van der Waals surface area contributed by atoms with Crippen LogP contribution in [0, 0.1) is 13.8 Å². The van der Waals surface area contributed by atoms with Crippen LogP contribution in [0.25, 0.3) is 0 Å². The predicted octanol–water partition coefficient (Wildman–Crippen LogP) is 0.893. The zero-order valence-corrected chi connectivity index (χ0v) is 7.53. The molecule has 0 unspecified atom stereocenters. The number of nitrogens with zero attached hydrogens (tertiary/aromatic N) is 1. The van der Waals surface area contributed by atoms with Gasteiger partial charge in [-0.05, 0) is 13.8 Å². The van der Waals surface area contributed by atoms with Gasteiger partial charge in [0.25, 0.3) is 0 Å². The fourth-order valence-corrected chi connectivity index (χ4v) is 0.827. The Kier molecular flexibility index (Phi) is 3.02. The highest BCUT2D eigenvalue weighted by molar-refractivity contribution is 5.67. The second kappa shape index (κ2) is 4.04. The number of hydrogen-bond acceptors (Lipinski definition) is 4. The normalized spacial score (nSPS) is 10.3. The van der Waals surface area contributed by atoms with Gasteiger partial charge >= 0.3 is 5.97 Å². The molecule has 0 fully saturated rings. The van der Waals surface area contributed by atoms with Crippen LogP contribution < -0.4 is 0 Å². The monoisotopic (exact) mass is 185 g/mol. The average Bonchev–Trinajstić information content (AvgIpc) is 2.30. The van der Waals surface area contributed by atoms with E-state index in [0.29, 0.717) is 5.89 Å². The number of oxazole rings is 1. The number of aromatic nitrogens is 1. The van der Waals surface area contributed by atoms with E-state index in [1.165, 1.54) is 0 Å². The van der Waals surface area contributed by atoms with Crippen molar-refractivity contribution in [2.75, 3.05) is 6.61 Å². The quantitative estimate of drug-likeness (QED) is 0.754. The largest absolute Gasteiger partial charge is 0.480 e. The summed E-state index contributed by atoms with van der Waals surface area (Å²) in [4.78, 5) is 14.1. The van der Waals surface area contributed by atoms with Gasteiger partial charge in [0.15, 0.2) is 0 Å². The summed E-state index contributed by atoms with van der Waals surface area (Å²) in [6.07, 6.45) is 0. The molecule has 1 rings (SSSR count). The van der Waals surface area contributed by atoms with Crippen molar-refractivity contribution in [3.05, 3.63) is 17.3 Å². The molecule has 1 N–H and O–H groups in total. The molecule has 1 aromatic heterocycles. The van der Waals surface area contributed by atoms with Gasteiger partial charge in [0, 0.05) is 0 Å². The first-order valence-corrected chi connectivity index (χ1v) is 3.82. The first kappa shape index (κ1) is 9.73. The molecule has 0 aromatic carbocycles. The lowest BCUT2D eigenvalue weighted by molar-refractivity contribution is -0.142. The van der Waals surface area contributed by atoms with E-state index in [1.54, 1.807) is 6.92 Å². The standard InChI is InChI=1S/C8H11NO4/c1-5-6(2)13-7(9-5)3-12-4-8(10)11/h3-4H2,1-2H3,(H,10,11). The fourth-order valence-electron chi connectivity index (χ4n) is 0.827. The maximum atomic E-state index is 10.1. The Hall–Kier alpha value is -1.36. The molecule has 0 saturated heterocycles. The molecule has 0 aliphatic rings. The van der Waals surface area contributed by atoms with Gasteiger partial charge in [0.2, 0.25) is 5.89 Å². The number of carboxylic acid groups (broad SMARTS) is 1. The van der Waals surface area contributed by atoms with E-state index in [9.17, 15) is 4.79 Å². The van der Waals surface area contributed by atoms with E-state index in [4.69, 9.17) is 14.3 Å². The Balaban J connectivity index is 2.41. The van der Waals surface area contributed by atoms with Gasteiger partial charge in [-0.2, -0.15) is 0 Å². The number of carbonyl (C=O) groups is 1. The summed E-state index contributed by atoms with van der Waals surface area (Å²) in [6, 6.07) is 0. The van der Waals surface area contributed by atoms with E-state index in [2.05, 4.69) is 4.98 Å². The van der Waals surface area contributed by atoms with Crippen LogP contribution in [0.15, 0.2) is 4.42 Å². The molecular formula is C8H11NO4. The molecule has 13 heavy (non-hydrogen) atoms. The molecule has 0 aliphatic heterocycles. The zero-order valence-electron chi connectivity index (χ0n) is 7.53. The van der Waals surface area contributed by atoms with E-state index in [-0.39, 0.29) is 13.2 Å². The Labute approximate surface area is 75.3 Å². The van der Waals surface area contributed by atoms with Crippen LogP contribution in [0.1, 0.15) is 17.3 Å². The first-order chi connectivity index (χ1) is 6.09. The van der Waals surface area contributed by atoms with Gasteiger partial charge in [0.1, 0.15) is 19.0 Å². The highest BCUT2D eigenvalue weighted by Crippen LogP contribution is 2.08. The lowest BCUT2D eigenvalue weighted by Crippen LogP contribution is -2.06. The van der Waals surface area contributed by atoms with Crippen molar-refractivity contribution >= 4 is 5.97 Å². The molecule has 0 atom stereocenters. The zero-order chi connectivity index (χ0) is 9.84. The number of aliphatic carboxylic acids is 1. The third-order valence-corrected chi connectivity index (χ3v) is 1.52. The number of hydrogen-bond donors (Lipinski definition) is 1. The van der Waals surface area contributed by atoms with E-state index in [1.807, 2.05) is 6.92 Å². The van der Waals surface area contributed by atoms with Gasteiger partial charge in [-0.25, -0.2) is 9.78 Å². The van der Waals surface area contributed by atoms with E-state index < -0.39 is 5.97 Å². The van der Waals surface area contributed by atoms with Crippen molar-refractivity contribution < 1.29 is 19.1 Å². The molecule has 1 heterocycles. The molecule has 0 saturated carbocycles. The van der Waals surface area contributed by atoms with Crippen molar-refractivity contribution in [1.29, 1.82) is 0 Å². The van der Waals surface area contributed by atoms with Crippen LogP contribution >= 0.6 is 0 Å².